The van der Waals surface area contributed by atoms with Crippen molar-refractivity contribution in [2.45, 2.75) is 151 Å². The van der Waals surface area contributed by atoms with Crippen molar-refractivity contribution in [1.29, 1.82) is 0 Å². The number of benzene rings is 3. The minimum Gasteiger partial charge on any atom is -0.463 e. The van der Waals surface area contributed by atoms with Gasteiger partial charge in [-0.25, -0.2) is 32.9 Å². The van der Waals surface area contributed by atoms with Gasteiger partial charge in [0.25, 0.3) is 11.1 Å². The third-order valence-corrected chi connectivity index (χ3v) is 22.7. The molecular formula is C70H81Cl3FN8O27P3. The first-order valence-corrected chi connectivity index (χ1v) is 39.7. The number of esters is 3. The maximum absolute atomic E-state index is 14.0. The molecule has 3 aromatic heterocycles. The number of nitrogens with one attached hydrogen (secondary N) is 3. The van der Waals surface area contributed by atoms with Gasteiger partial charge >= 0.3 is 63.5 Å². The van der Waals surface area contributed by atoms with Crippen molar-refractivity contribution >= 4 is 75.5 Å². The number of ether oxygens (including phenoxy) is 6. The molecule has 0 aliphatic carbocycles. The van der Waals surface area contributed by atoms with Crippen LogP contribution in [-0.4, -0.2) is 180 Å². The molecule has 18 atom stereocenters. The van der Waals surface area contributed by atoms with Crippen LogP contribution in [0.1, 0.15) is 89.2 Å². The number of aliphatic hydroxyl groups is 3. The van der Waals surface area contributed by atoms with Crippen LogP contribution in [0.3, 0.4) is 0 Å². The van der Waals surface area contributed by atoms with Crippen LogP contribution < -0.4 is 47.4 Å². The first kappa shape index (κ1) is 81.2. The van der Waals surface area contributed by atoms with Crippen LogP contribution >= 0.6 is 57.6 Å². The lowest BCUT2D eigenvalue weighted by Gasteiger charge is -2.25. The Kier molecular flexibility index (Phi) is 28.1. The van der Waals surface area contributed by atoms with Crippen LogP contribution in [0, 0.1) is 60.6 Å². The molecular weight excluding hydrogens is 1600 g/mol. The third kappa shape index (κ3) is 23.0. The second kappa shape index (κ2) is 38.8. The number of rotatable bonds is 30. The van der Waals surface area contributed by atoms with E-state index in [0.717, 1.165) is 12.5 Å². The maximum atomic E-state index is 14.0. The van der Waals surface area contributed by atoms with E-state index in [2.05, 4.69) is 21.9 Å². The summed E-state index contributed by atoms with van der Waals surface area (Å²) in [6.45, 7) is 4.48. The molecule has 0 amide bonds. The number of carbonyl (C=O) groups excluding carboxylic acids is 3. The molecule has 0 bridgehead atoms. The fourth-order valence-electron chi connectivity index (χ4n) is 10.1. The zero-order chi connectivity index (χ0) is 88.4. The van der Waals surface area contributed by atoms with Gasteiger partial charge in [0.05, 0.1) is 88.6 Å². The Labute approximate surface area is 661 Å². The Bertz CT molecular complexity index is 5050. The highest BCUT2D eigenvalue weighted by molar-refractivity contribution is 7.55. The molecule has 6 heterocycles. The summed E-state index contributed by atoms with van der Waals surface area (Å²) in [5, 5.41) is 36.4. The number of H-pyrrole nitrogens is 3. The van der Waals surface area contributed by atoms with Crippen molar-refractivity contribution in [2.24, 2.45) is 17.8 Å². The number of para-hydroxylation sites is 3. The van der Waals surface area contributed by atoms with Crippen molar-refractivity contribution in [3.63, 3.8) is 0 Å². The summed E-state index contributed by atoms with van der Waals surface area (Å²) >= 11 is 19.2. The highest BCUT2D eigenvalue weighted by Gasteiger charge is 2.60. The fraction of sp³-hybridized carbons (Fsp3) is 0.471. The average molecular weight is 1690 g/mol. The van der Waals surface area contributed by atoms with E-state index in [1.807, 2.05) is 15.9 Å². The van der Waals surface area contributed by atoms with Crippen LogP contribution in [-0.2, 0) is 70.1 Å². The second-order valence-corrected chi connectivity index (χ2v) is 33.3. The topological polar surface area (TPSA) is 464 Å². The quantitative estimate of drug-likeness (QED) is 0.0102. The normalized spacial score (nSPS) is 26.8. The van der Waals surface area contributed by atoms with Crippen LogP contribution in [0.25, 0.3) is 0 Å². The van der Waals surface area contributed by atoms with Gasteiger partial charge in [-0.3, -0.25) is 61.6 Å². The molecule has 42 heteroatoms. The van der Waals surface area contributed by atoms with E-state index in [1.165, 1.54) is 57.2 Å². The number of hydrogen-bond acceptors (Lipinski definition) is 29. The molecule has 3 fully saturated rings. The fourth-order valence-corrected chi connectivity index (χ4v) is 16.1. The average Bonchev–Trinajstić information content (AvgIpc) is 1.53. The Morgan fingerprint density at radius 2 is 0.875 bits per heavy atom. The van der Waals surface area contributed by atoms with Gasteiger partial charge < -0.3 is 57.3 Å². The first-order chi connectivity index (χ1) is 54.8. The Hall–Kier alpha value is -8.82. The predicted octanol–water partition coefficient (Wildman–Crippen LogP) is 5.78. The first-order valence-electron chi connectivity index (χ1n) is 36.4. The Balaban J connectivity index is 0.000000244. The molecule has 3 unspecified atom stereocenters. The van der Waals surface area contributed by atoms with E-state index in [-0.39, 0.29) is 17.2 Å². The highest BCUT2D eigenvalue weighted by Crippen LogP contribution is 2.55. The van der Waals surface area contributed by atoms with Gasteiger partial charge in [0, 0.05) is 0 Å². The number of terminal acetylenes is 3. The number of aromatic amines is 3. The van der Waals surface area contributed by atoms with Gasteiger partial charge in [-0.15, -0.1) is 19.3 Å². The number of aromatic nitrogens is 8. The van der Waals surface area contributed by atoms with Gasteiger partial charge in [-0.2, -0.15) is 19.2 Å². The molecule has 35 nitrogen and oxygen atoms in total. The molecule has 0 saturated carbocycles. The summed E-state index contributed by atoms with van der Waals surface area (Å²) in [6.07, 6.45) is -2.68. The largest absolute Gasteiger partial charge is 0.463 e. The number of nitrogens with zero attached hydrogens (tertiary/aromatic N) is 5. The number of hydrogen-bond donors (Lipinski definition) is 6. The molecule has 112 heavy (non-hydrogen) atoms. The lowest BCUT2D eigenvalue weighted by molar-refractivity contribution is -0.152. The van der Waals surface area contributed by atoms with E-state index in [4.69, 9.17) is 118 Å². The monoisotopic (exact) mass is 1690 g/mol. The van der Waals surface area contributed by atoms with Gasteiger partial charge in [-0.1, -0.05) is 128 Å². The molecule has 606 valence electrons. The van der Waals surface area contributed by atoms with E-state index in [9.17, 15) is 76.6 Å². The number of halogens is 4. The summed E-state index contributed by atoms with van der Waals surface area (Å²) < 4.78 is 173. The summed E-state index contributed by atoms with van der Waals surface area (Å²) in [5.74, 6) is -0.548. The van der Waals surface area contributed by atoms with Crippen molar-refractivity contribution < 1.29 is 112 Å². The summed E-state index contributed by atoms with van der Waals surface area (Å²) in [6, 6.07) is 23.0. The number of carbonyl (C=O) groups is 3. The molecule has 3 saturated heterocycles. The maximum Gasteiger partial charge on any atom is 0.380 e. The second-order valence-electron chi connectivity index (χ2n) is 25.6. The van der Waals surface area contributed by atoms with E-state index in [0.29, 0.717) is 20.0 Å². The Morgan fingerprint density at radius 3 is 1.21 bits per heavy atom. The summed E-state index contributed by atoms with van der Waals surface area (Å²) in [5.41, 5.74) is -6.53. The number of aliphatic hydroxyl groups excluding tert-OH is 3. The lowest BCUT2D eigenvalue weighted by atomic mass is 9.99. The van der Waals surface area contributed by atoms with Gasteiger partial charge in [0.2, 0.25) is 5.82 Å². The predicted molar refractivity (Wildman–Crippen MR) is 399 cm³/mol. The van der Waals surface area contributed by atoms with Crippen molar-refractivity contribution in [3.05, 3.63) is 178 Å². The van der Waals surface area contributed by atoms with Crippen LogP contribution in [0.4, 0.5) is 4.39 Å². The van der Waals surface area contributed by atoms with Crippen molar-refractivity contribution in [3.8, 4) is 54.3 Å². The van der Waals surface area contributed by atoms with E-state index >= 15 is 0 Å². The molecule has 9 rings (SSSR count). The van der Waals surface area contributed by atoms with Crippen LogP contribution in [0.5, 0.6) is 17.2 Å². The summed E-state index contributed by atoms with van der Waals surface area (Å²) in [4.78, 5) is 111. The van der Waals surface area contributed by atoms with Gasteiger partial charge in [-0.05, 0) is 77.9 Å². The van der Waals surface area contributed by atoms with Crippen LogP contribution in [0.2, 0.25) is 0 Å². The molecule has 3 aliphatic rings. The zero-order valence-corrected chi connectivity index (χ0v) is 65.6. The highest BCUT2D eigenvalue weighted by atomic mass is 35.5. The van der Waals surface area contributed by atoms with E-state index in [1.54, 1.807) is 101 Å². The SMILES string of the molecule is [2H]C([2H])(O[P@@](=O)(C[C@@H](C)C(=O)OC(C)C)Oc1ccccc1)[C@H]1O[C@@H](n2cc(F)c(=O)[nH]c2=O)C(Cl)(C#C)[C@H]1O.[2H]C([2H])(O[P@@](=O)(C[C@@H](C)C(=O)OC(C)C)Oc1ccccc1)[C@H]1O[C@@H](n2cnc(=O)[nH]c2=O)C(Cl)(C#C)[C@H]1O.[2H]C([2H])(O[P@@](=O)(C[C@@H](C)C(=O)OC(C)C)Oc1ccccc1)[C@H]1O[C@@H](n2ncc(=O)[nH]c2=O)C(Cl)(C#C)[C@H]1O. The van der Waals surface area contributed by atoms with Crippen LogP contribution in [0.15, 0.2) is 138 Å². The molecule has 0 spiro atoms. The van der Waals surface area contributed by atoms with Gasteiger partial charge in [0.1, 0.15) is 66.4 Å². The zero-order valence-electron chi connectivity index (χ0n) is 66.6. The van der Waals surface area contributed by atoms with Crippen molar-refractivity contribution in [2.75, 3.05) is 38.2 Å². The third-order valence-electron chi connectivity index (χ3n) is 15.5. The standard InChI is InChI=1S/C24H27ClFN2O9P.2C23H27ClN3O9P/c1-5-24(25)19(29)18(36-22(24)28-11-17(26)20(30)27-23(28)32)12-34-38(33,37-16-9-7-6-8-10-16)13-15(4)21(31)35-14(2)3;1-5-23(24)19(29)17(35-21(23)27-22(31)26-18(28)11-25-27)12-33-37(32,36-16-9-7-6-8-10-16)13-15(4)20(30)34-14(2)3;1-5-23(24)18(28)17(35-20(23)27-13-25-21(30)26-22(27)31)11-33-37(32,36-16-9-7-6-8-10-16)12-15(4)19(29)34-14(2)3/h1,6-11,14-15,18-19,22,29H,12-13H2,2-4H3,(H,27,30,32);1,6-11,14-15,17,19,21,29H,12-13H2,2-4H3,(H,26,28,31);1,6-10,13-15,17-18,20,28H,11-12H2,2-4H3,(H,26,30,31)/t15-,18-,19+,22-,24?,38+;15-,17-,19+,21-,23?,37+;15-,17-,18+,20-,23?,37+/m111/s1/i2*12D2;11D2. The molecule has 6 aromatic rings. The number of alkyl halides is 3. The lowest BCUT2D eigenvalue weighted by Crippen LogP contribution is -2.45. The minimum atomic E-state index is -4.60. The van der Waals surface area contributed by atoms with E-state index < -0.39 is 225 Å². The molecule has 0 radical (unpaired) electrons. The molecule has 3 aliphatic heterocycles. The Morgan fingerprint density at radius 1 is 0.545 bits per heavy atom. The molecule has 3 aromatic carbocycles. The van der Waals surface area contributed by atoms with Crippen molar-refractivity contribution in [1.82, 2.24) is 38.9 Å². The molecule has 6 N–H and O–H groups in total. The summed E-state index contributed by atoms with van der Waals surface area (Å²) in [7, 11) is -13.7. The minimum absolute atomic E-state index is 0.0161. The smallest absolute Gasteiger partial charge is 0.380 e. The van der Waals surface area contributed by atoms with Gasteiger partial charge in [0.15, 0.2) is 33.3 Å².